The molecule has 0 aromatic carbocycles. The highest BCUT2D eigenvalue weighted by Crippen LogP contribution is 2.24. The first-order valence-corrected chi connectivity index (χ1v) is 6.41. The van der Waals surface area contributed by atoms with Gasteiger partial charge in [-0.05, 0) is 51.7 Å². The summed E-state index contributed by atoms with van der Waals surface area (Å²) in [6, 6.07) is 0. The lowest BCUT2D eigenvalue weighted by Gasteiger charge is -2.20. The van der Waals surface area contributed by atoms with Crippen LogP contribution in [0.5, 0.6) is 0 Å². The molecule has 0 bridgehead atoms. The van der Waals surface area contributed by atoms with Gasteiger partial charge in [-0.25, -0.2) is 0 Å². The topological polar surface area (TPSA) is 54.4 Å². The Hall–Kier alpha value is -1.22. The van der Waals surface area contributed by atoms with Crippen LogP contribution in [0.1, 0.15) is 47.0 Å². The van der Waals surface area contributed by atoms with Gasteiger partial charge < -0.3 is 5.11 Å². The molecule has 1 atom stereocenters. The van der Waals surface area contributed by atoms with Crippen LogP contribution in [0.2, 0.25) is 0 Å². The van der Waals surface area contributed by atoms with E-state index < -0.39 is 5.60 Å². The predicted molar refractivity (Wildman–Crippen MR) is 71.2 cm³/mol. The summed E-state index contributed by atoms with van der Waals surface area (Å²) in [5.74, 6) is -0.0602. The largest absolute Gasteiger partial charge is 0.390 e. The molecule has 0 aliphatic heterocycles. The van der Waals surface area contributed by atoms with E-state index in [-0.39, 0.29) is 17.5 Å². The van der Waals surface area contributed by atoms with Crippen LogP contribution in [0.25, 0.3) is 0 Å². The van der Waals surface area contributed by atoms with Gasteiger partial charge in [0.05, 0.1) is 5.60 Å². The Morgan fingerprint density at radius 2 is 1.83 bits per heavy atom. The molecule has 0 aromatic heterocycles. The number of hydrogen-bond donors (Lipinski definition) is 1. The Morgan fingerprint density at radius 3 is 2.39 bits per heavy atom. The normalized spacial score (nSPS) is 18.5. The van der Waals surface area contributed by atoms with E-state index in [1.54, 1.807) is 20.8 Å². The van der Waals surface area contributed by atoms with Crippen LogP contribution >= 0.6 is 0 Å². The number of carbonyl (C=O) groups is 2. The third-order valence-corrected chi connectivity index (χ3v) is 3.26. The van der Waals surface area contributed by atoms with Gasteiger partial charge in [-0.15, -0.1) is 0 Å². The summed E-state index contributed by atoms with van der Waals surface area (Å²) in [7, 11) is 0. The van der Waals surface area contributed by atoms with Crippen molar-refractivity contribution in [3.8, 4) is 0 Å². The molecule has 0 saturated heterocycles. The van der Waals surface area contributed by atoms with Gasteiger partial charge in [0, 0.05) is 11.1 Å². The molecule has 1 N–H and O–H groups in total. The van der Waals surface area contributed by atoms with Crippen molar-refractivity contribution in [1.82, 2.24) is 0 Å². The van der Waals surface area contributed by atoms with Crippen molar-refractivity contribution in [2.24, 2.45) is 5.92 Å². The number of rotatable bonds is 5. The van der Waals surface area contributed by atoms with Crippen LogP contribution in [0.3, 0.4) is 0 Å². The molecule has 100 valence electrons. The van der Waals surface area contributed by atoms with E-state index in [0.717, 1.165) is 12.8 Å². The zero-order valence-electron chi connectivity index (χ0n) is 11.6. The van der Waals surface area contributed by atoms with Gasteiger partial charge in [-0.3, -0.25) is 9.59 Å². The molecule has 0 radical (unpaired) electrons. The molecule has 0 saturated carbocycles. The second-order valence-corrected chi connectivity index (χ2v) is 5.76. The zero-order chi connectivity index (χ0) is 13.9. The first kappa shape index (κ1) is 14.8. The van der Waals surface area contributed by atoms with Crippen LogP contribution in [0.15, 0.2) is 23.3 Å². The standard InChI is InChI=1S/C15H22O3/c1-10(6-5-7-15(3,4)18)12-9-13(16)11(2)8-14(12)17/h8-10,18H,5-7H2,1-4H3/t10-/m1/s1. The van der Waals surface area contributed by atoms with E-state index in [2.05, 4.69) is 0 Å². The number of allylic oxidation sites excluding steroid dienone is 4. The SMILES string of the molecule is CC1=CC(=O)C([C@H](C)CCCC(C)(C)O)=CC1=O. The second-order valence-electron chi connectivity index (χ2n) is 5.76. The summed E-state index contributed by atoms with van der Waals surface area (Å²) in [6.07, 6.45) is 5.23. The quantitative estimate of drug-likeness (QED) is 0.763. The first-order chi connectivity index (χ1) is 8.20. The van der Waals surface area contributed by atoms with Crippen molar-refractivity contribution >= 4 is 11.6 Å². The van der Waals surface area contributed by atoms with E-state index in [0.29, 0.717) is 17.6 Å². The summed E-state index contributed by atoms with van der Waals surface area (Å²) in [4.78, 5) is 23.4. The number of ketones is 2. The van der Waals surface area contributed by atoms with Gasteiger partial charge in [-0.2, -0.15) is 0 Å². The van der Waals surface area contributed by atoms with E-state index in [1.165, 1.54) is 12.2 Å². The Morgan fingerprint density at radius 1 is 1.22 bits per heavy atom. The van der Waals surface area contributed by atoms with Crippen LogP contribution in [0, 0.1) is 5.92 Å². The smallest absolute Gasteiger partial charge is 0.182 e. The predicted octanol–water partition coefficient (Wildman–Crippen LogP) is 2.59. The fraction of sp³-hybridized carbons (Fsp3) is 0.600. The highest BCUT2D eigenvalue weighted by molar-refractivity contribution is 6.19. The van der Waals surface area contributed by atoms with E-state index in [4.69, 9.17) is 0 Å². The van der Waals surface area contributed by atoms with Gasteiger partial charge >= 0.3 is 0 Å². The van der Waals surface area contributed by atoms with Gasteiger partial charge in [0.25, 0.3) is 0 Å². The molecule has 18 heavy (non-hydrogen) atoms. The molecule has 0 fully saturated rings. The molecule has 0 heterocycles. The van der Waals surface area contributed by atoms with Crippen LogP contribution in [0.4, 0.5) is 0 Å². The highest BCUT2D eigenvalue weighted by atomic mass is 16.3. The van der Waals surface area contributed by atoms with Crippen LogP contribution < -0.4 is 0 Å². The molecule has 0 unspecified atom stereocenters. The molecular formula is C15H22O3. The number of hydrogen-bond acceptors (Lipinski definition) is 3. The Bertz CT molecular complexity index is 408. The third kappa shape index (κ3) is 4.22. The highest BCUT2D eigenvalue weighted by Gasteiger charge is 2.22. The molecule has 0 amide bonds. The molecule has 3 heteroatoms. The Labute approximate surface area is 109 Å². The Kier molecular flexibility index (Phi) is 4.63. The number of aliphatic hydroxyl groups is 1. The van der Waals surface area contributed by atoms with Crippen molar-refractivity contribution < 1.29 is 14.7 Å². The van der Waals surface area contributed by atoms with Crippen molar-refractivity contribution in [3.05, 3.63) is 23.3 Å². The second kappa shape index (κ2) is 5.61. The average Bonchev–Trinajstić information content (AvgIpc) is 2.21. The first-order valence-electron chi connectivity index (χ1n) is 6.41. The molecular weight excluding hydrogens is 228 g/mol. The summed E-state index contributed by atoms with van der Waals surface area (Å²) < 4.78 is 0. The van der Waals surface area contributed by atoms with Crippen molar-refractivity contribution in [2.75, 3.05) is 0 Å². The van der Waals surface area contributed by atoms with Crippen LogP contribution in [-0.2, 0) is 9.59 Å². The van der Waals surface area contributed by atoms with E-state index in [1.807, 2.05) is 6.92 Å². The zero-order valence-corrected chi connectivity index (χ0v) is 11.6. The summed E-state index contributed by atoms with van der Waals surface area (Å²) in [5, 5.41) is 9.62. The maximum absolute atomic E-state index is 11.8. The molecule has 0 aromatic rings. The summed E-state index contributed by atoms with van der Waals surface area (Å²) >= 11 is 0. The minimum atomic E-state index is -0.670. The van der Waals surface area contributed by atoms with Crippen LogP contribution in [-0.4, -0.2) is 22.3 Å². The lowest BCUT2D eigenvalue weighted by atomic mass is 9.86. The maximum atomic E-state index is 11.8. The molecule has 3 nitrogen and oxygen atoms in total. The van der Waals surface area contributed by atoms with Gasteiger partial charge in [0.2, 0.25) is 0 Å². The molecule has 1 aliphatic rings. The monoisotopic (exact) mass is 250 g/mol. The Balaban J connectivity index is 2.58. The third-order valence-electron chi connectivity index (χ3n) is 3.26. The van der Waals surface area contributed by atoms with Crippen molar-refractivity contribution in [1.29, 1.82) is 0 Å². The van der Waals surface area contributed by atoms with Gasteiger partial charge in [-0.1, -0.05) is 13.3 Å². The average molecular weight is 250 g/mol. The fourth-order valence-corrected chi connectivity index (χ4v) is 2.06. The fourth-order valence-electron chi connectivity index (χ4n) is 2.06. The summed E-state index contributed by atoms with van der Waals surface area (Å²) in [6.45, 7) is 7.17. The van der Waals surface area contributed by atoms with Gasteiger partial charge in [0.1, 0.15) is 0 Å². The molecule has 1 rings (SSSR count). The minimum absolute atomic E-state index is 0.0529. The lowest BCUT2D eigenvalue weighted by Crippen LogP contribution is -2.20. The van der Waals surface area contributed by atoms with Crippen molar-refractivity contribution in [2.45, 2.75) is 52.6 Å². The number of carbonyl (C=O) groups excluding carboxylic acids is 2. The minimum Gasteiger partial charge on any atom is -0.390 e. The molecule has 1 aliphatic carbocycles. The van der Waals surface area contributed by atoms with Gasteiger partial charge in [0.15, 0.2) is 11.6 Å². The van der Waals surface area contributed by atoms with E-state index in [9.17, 15) is 14.7 Å². The maximum Gasteiger partial charge on any atom is 0.182 e. The van der Waals surface area contributed by atoms with Crippen molar-refractivity contribution in [3.63, 3.8) is 0 Å². The lowest BCUT2D eigenvalue weighted by molar-refractivity contribution is -0.115. The summed E-state index contributed by atoms with van der Waals surface area (Å²) in [5.41, 5.74) is 0.436. The van der Waals surface area contributed by atoms with E-state index >= 15 is 0 Å². The molecule has 0 spiro atoms.